The van der Waals surface area contributed by atoms with Crippen LogP contribution in [0.2, 0.25) is 0 Å². The Balaban J connectivity index is 0.917. The van der Waals surface area contributed by atoms with E-state index in [1.165, 1.54) is 13.8 Å². The number of imide groups is 2. The van der Waals surface area contributed by atoms with Crippen molar-refractivity contribution in [2.24, 2.45) is 16.1 Å². The van der Waals surface area contributed by atoms with Crippen molar-refractivity contribution in [3.63, 3.8) is 0 Å². The molecule has 22 heteroatoms. The van der Waals surface area contributed by atoms with E-state index in [4.69, 9.17) is 5.73 Å². The predicted octanol–water partition coefficient (Wildman–Crippen LogP) is 2.80. The molecular formula is C40H44F4N10O7S. The van der Waals surface area contributed by atoms with Gasteiger partial charge in [0.15, 0.2) is 0 Å². The summed E-state index contributed by atoms with van der Waals surface area (Å²) < 4.78 is 85.6. The van der Waals surface area contributed by atoms with Gasteiger partial charge in [-0.15, -0.1) is 0 Å². The van der Waals surface area contributed by atoms with Crippen molar-refractivity contribution in [1.82, 2.24) is 29.8 Å². The van der Waals surface area contributed by atoms with Gasteiger partial charge in [-0.2, -0.15) is 13.2 Å². The van der Waals surface area contributed by atoms with Gasteiger partial charge in [-0.05, 0) is 76.5 Å². The van der Waals surface area contributed by atoms with E-state index in [2.05, 4.69) is 35.2 Å². The number of aliphatic imine (C=N–C) groups is 1. The number of piperidine rings is 2. The number of likely N-dealkylation sites (tertiary alicyclic amines) is 1. The summed E-state index contributed by atoms with van der Waals surface area (Å²) in [5.41, 5.74) is 2.91. The number of anilines is 3. The molecule has 1 aromatic heterocycles. The van der Waals surface area contributed by atoms with Crippen molar-refractivity contribution in [3.05, 3.63) is 77.0 Å². The number of carbonyl (C=O) groups is 4. The van der Waals surface area contributed by atoms with Gasteiger partial charge in [0.2, 0.25) is 27.8 Å². The molecule has 7 rings (SSSR count). The van der Waals surface area contributed by atoms with E-state index in [-0.39, 0.29) is 58.6 Å². The monoisotopic (exact) mass is 884 g/mol. The average molecular weight is 885 g/mol. The lowest BCUT2D eigenvalue weighted by Crippen LogP contribution is -2.61. The zero-order valence-corrected chi connectivity index (χ0v) is 34.4. The molecule has 6 N–H and O–H groups in total. The number of carbonyl (C=O) groups excluding carboxylic acids is 4. The topological polar surface area (TPSA) is 233 Å². The third-order valence-corrected chi connectivity index (χ3v) is 12.7. The van der Waals surface area contributed by atoms with E-state index < -0.39 is 74.5 Å². The number of rotatable bonds is 13. The van der Waals surface area contributed by atoms with Gasteiger partial charge in [0.05, 0.1) is 45.2 Å². The minimum Gasteiger partial charge on any atom is -0.404 e. The van der Waals surface area contributed by atoms with Crippen molar-refractivity contribution in [2.75, 3.05) is 56.0 Å². The second-order valence-corrected chi connectivity index (χ2v) is 18.1. The van der Waals surface area contributed by atoms with E-state index in [9.17, 15) is 45.9 Å². The Morgan fingerprint density at radius 1 is 1.10 bits per heavy atom. The number of hydrogen-bond acceptors (Lipinski definition) is 14. The Kier molecular flexibility index (Phi) is 12.0. The van der Waals surface area contributed by atoms with Crippen LogP contribution in [0.4, 0.5) is 34.9 Å². The van der Waals surface area contributed by atoms with Crippen LogP contribution in [-0.4, -0.2) is 121 Å². The largest absolute Gasteiger partial charge is 0.419 e. The first-order valence-corrected chi connectivity index (χ1v) is 21.1. The summed E-state index contributed by atoms with van der Waals surface area (Å²) in [6, 6.07) is 6.95. The molecule has 2 aromatic carbocycles. The van der Waals surface area contributed by atoms with Crippen molar-refractivity contribution in [2.45, 2.75) is 62.2 Å². The van der Waals surface area contributed by atoms with Gasteiger partial charge in [0, 0.05) is 62.2 Å². The van der Waals surface area contributed by atoms with Gasteiger partial charge >= 0.3 is 6.18 Å². The third kappa shape index (κ3) is 9.17. The van der Waals surface area contributed by atoms with Gasteiger partial charge in [-0.3, -0.25) is 34.4 Å². The first kappa shape index (κ1) is 44.2. The number of nitrogens with zero attached hydrogens (tertiary/aromatic N) is 6. The molecule has 17 nitrogen and oxygen atoms in total. The summed E-state index contributed by atoms with van der Waals surface area (Å²) in [7, 11) is -4.17. The molecule has 4 aliphatic rings. The summed E-state index contributed by atoms with van der Waals surface area (Å²) in [5.74, 6) is -3.74. The molecule has 3 saturated heterocycles. The smallest absolute Gasteiger partial charge is 0.404 e. The highest BCUT2D eigenvalue weighted by atomic mass is 32.2. The molecule has 1 unspecified atom stereocenters. The Hall–Kier alpha value is -5.84. The Labute approximate surface area is 353 Å². The summed E-state index contributed by atoms with van der Waals surface area (Å²) in [6.07, 6.45) is -0.848. The lowest BCUT2D eigenvalue weighted by molar-refractivity contribution is -0.138. The standard InChI is InChI=1S/C40H44F4N10O7S/c1-38(2,59)20-46-18-23(17-45)33-26(40(42,43)44)19-47-37(51-33)49-28-7-6-24(16-27(28)41)62(60,61)48-12-15-52-13-10-39(11-14-52)21-53(22-39)29-5-3-4-25-32(29)36(58)54(35(25)57)30-8-9-31(55)50-34(30)56/h3-7,16-19,30,48,59H,8-15,20-22,45H2,1-2H3,(H,47,49,51)(H,50,55,56)/b23-17+,46-18?. The molecule has 3 fully saturated rings. The summed E-state index contributed by atoms with van der Waals surface area (Å²) in [5, 5.41) is 14.6. The molecule has 1 spiro atoms. The number of alkyl halides is 3. The number of allylic oxidation sites excluding steroid dienone is 1. The van der Waals surface area contributed by atoms with Crippen molar-refractivity contribution in [3.8, 4) is 0 Å². The van der Waals surface area contributed by atoms with Crippen LogP contribution in [0.25, 0.3) is 5.57 Å². The molecule has 5 heterocycles. The van der Waals surface area contributed by atoms with E-state index in [0.29, 0.717) is 44.6 Å². The quantitative estimate of drug-likeness (QED) is 0.0946. The van der Waals surface area contributed by atoms with E-state index >= 15 is 4.39 Å². The molecule has 0 saturated carbocycles. The molecule has 4 aliphatic heterocycles. The zero-order valence-electron chi connectivity index (χ0n) is 33.6. The van der Waals surface area contributed by atoms with Crippen molar-refractivity contribution >= 4 is 62.8 Å². The third-order valence-electron chi connectivity index (χ3n) is 11.2. The number of aliphatic hydroxyl groups is 1. The number of sulfonamides is 1. The second-order valence-electron chi connectivity index (χ2n) is 16.4. The lowest BCUT2D eigenvalue weighted by Gasteiger charge is -2.55. The number of hydrogen-bond donors (Lipinski definition) is 5. The van der Waals surface area contributed by atoms with Crippen LogP contribution in [0.15, 0.2) is 58.7 Å². The molecule has 4 amide bonds. The molecule has 0 aliphatic carbocycles. The predicted molar refractivity (Wildman–Crippen MR) is 217 cm³/mol. The number of fused-ring (bicyclic) bond motifs is 1. The molecule has 1 atom stereocenters. The van der Waals surface area contributed by atoms with Gasteiger partial charge < -0.3 is 26.0 Å². The van der Waals surface area contributed by atoms with Crippen LogP contribution < -0.4 is 26.0 Å². The fraction of sp³-hybridized carbons (Fsp3) is 0.425. The average Bonchev–Trinajstić information content (AvgIpc) is 3.44. The van der Waals surface area contributed by atoms with Crippen LogP contribution in [0.3, 0.4) is 0 Å². The van der Waals surface area contributed by atoms with E-state index in [1.807, 2.05) is 4.90 Å². The van der Waals surface area contributed by atoms with Crippen molar-refractivity contribution < 1.29 is 50.3 Å². The van der Waals surface area contributed by atoms with Gasteiger partial charge in [-0.1, -0.05) is 6.07 Å². The summed E-state index contributed by atoms with van der Waals surface area (Å²) in [6.45, 7) is 5.77. The minimum absolute atomic E-state index is 0.0251. The number of benzene rings is 2. The van der Waals surface area contributed by atoms with Crippen LogP contribution in [0.1, 0.15) is 71.5 Å². The van der Waals surface area contributed by atoms with Gasteiger partial charge in [0.25, 0.3) is 11.8 Å². The summed E-state index contributed by atoms with van der Waals surface area (Å²) in [4.78, 5) is 67.3. The van der Waals surface area contributed by atoms with E-state index in [1.54, 1.807) is 18.2 Å². The molecule has 0 radical (unpaired) electrons. The Morgan fingerprint density at radius 2 is 1.82 bits per heavy atom. The zero-order chi connectivity index (χ0) is 44.8. The van der Waals surface area contributed by atoms with Crippen LogP contribution in [0, 0.1) is 11.2 Å². The fourth-order valence-corrected chi connectivity index (χ4v) is 9.02. The molecule has 3 aromatic rings. The Bertz CT molecular complexity index is 2480. The second kappa shape index (κ2) is 16.8. The Morgan fingerprint density at radius 3 is 2.47 bits per heavy atom. The number of halogens is 4. The van der Waals surface area contributed by atoms with Crippen LogP contribution in [-0.2, 0) is 25.8 Å². The molecular weight excluding hydrogens is 841 g/mol. The van der Waals surface area contributed by atoms with Crippen molar-refractivity contribution in [1.29, 1.82) is 0 Å². The highest BCUT2D eigenvalue weighted by Gasteiger charge is 2.50. The molecule has 62 heavy (non-hydrogen) atoms. The minimum atomic E-state index is -4.89. The van der Waals surface area contributed by atoms with Gasteiger partial charge in [-0.25, -0.2) is 27.5 Å². The van der Waals surface area contributed by atoms with Crippen LogP contribution in [0.5, 0.6) is 0 Å². The number of amides is 4. The maximum atomic E-state index is 15.3. The van der Waals surface area contributed by atoms with Crippen LogP contribution >= 0.6 is 0 Å². The first-order valence-electron chi connectivity index (χ1n) is 19.7. The maximum Gasteiger partial charge on any atom is 0.419 e. The lowest BCUT2D eigenvalue weighted by atomic mass is 9.71. The van der Waals surface area contributed by atoms with E-state index in [0.717, 1.165) is 48.4 Å². The SMILES string of the molecule is CC(C)(O)CN=C/C(=C\N)c1nc(Nc2ccc(S(=O)(=O)NCCN3CCC4(CC3)CN(c3cccc5c3C(=O)N(C3CCC(=O)NC3=O)C5=O)C4)cc2F)ncc1C(F)(F)F. The normalized spacial score (nSPS) is 19.9. The fourth-order valence-electron chi connectivity index (χ4n) is 7.99. The number of nitrogens with two attached hydrogens (primary N) is 1. The molecule has 0 bridgehead atoms. The van der Waals surface area contributed by atoms with Gasteiger partial charge in [0.1, 0.15) is 17.4 Å². The summed E-state index contributed by atoms with van der Waals surface area (Å²) >= 11 is 0. The first-order chi connectivity index (χ1) is 29.2. The maximum absolute atomic E-state index is 15.3. The molecule has 330 valence electrons. The number of nitrogens with one attached hydrogen (secondary N) is 3. The number of aromatic nitrogens is 2. The highest BCUT2D eigenvalue weighted by molar-refractivity contribution is 7.89. The highest BCUT2D eigenvalue weighted by Crippen LogP contribution is 2.45.